The molecule has 3 rings (SSSR count). The van der Waals surface area contributed by atoms with Crippen molar-refractivity contribution in [3.63, 3.8) is 0 Å². The average Bonchev–Trinajstić information content (AvgIpc) is 3.18. The molecular formula is C16H17NO3S2. The van der Waals surface area contributed by atoms with Crippen LogP contribution in [0.2, 0.25) is 0 Å². The number of thiophene rings is 2. The Kier molecular flexibility index (Phi) is 4.71. The van der Waals surface area contributed by atoms with Crippen LogP contribution in [0, 0.1) is 6.92 Å². The molecule has 2 aromatic rings. The second-order valence-electron chi connectivity index (χ2n) is 5.30. The van der Waals surface area contributed by atoms with E-state index in [0.29, 0.717) is 26.2 Å². The van der Waals surface area contributed by atoms with Gasteiger partial charge in [-0.3, -0.25) is 9.59 Å². The Labute approximate surface area is 137 Å². The van der Waals surface area contributed by atoms with E-state index in [9.17, 15) is 9.59 Å². The van der Waals surface area contributed by atoms with E-state index in [0.717, 1.165) is 16.0 Å². The number of nitrogens with zero attached hydrogens (tertiary/aromatic N) is 1. The summed E-state index contributed by atoms with van der Waals surface area (Å²) in [6.07, 6.45) is 0.315. The predicted octanol–water partition coefficient (Wildman–Crippen LogP) is 3.23. The highest BCUT2D eigenvalue weighted by Crippen LogP contribution is 2.22. The van der Waals surface area contributed by atoms with Gasteiger partial charge in [-0.15, -0.1) is 11.3 Å². The van der Waals surface area contributed by atoms with Crippen molar-refractivity contribution in [3.05, 3.63) is 44.3 Å². The third kappa shape index (κ3) is 3.14. The van der Waals surface area contributed by atoms with E-state index < -0.39 is 0 Å². The zero-order valence-corrected chi connectivity index (χ0v) is 13.9. The summed E-state index contributed by atoms with van der Waals surface area (Å²) in [6.45, 7) is 3.43. The number of ketones is 1. The van der Waals surface area contributed by atoms with Crippen LogP contribution in [-0.4, -0.2) is 42.4 Å². The fourth-order valence-corrected chi connectivity index (χ4v) is 4.08. The van der Waals surface area contributed by atoms with E-state index >= 15 is 0 Å². The molecular weight excluding hydrogens is 318 g/mol. The summed E-state index contributed by atoms with van der Waals surface area (Å²) < 4.78 is 5.49. The summed E-state index contributed by atoms with van der Waals surface area (Å²) in [4.78, 5) is 27.6. The fourth-order valence-electron chi connectivity index (χ4n) is 2.58. The van der Waals surface area contributed by atoms with E-state index in [1.165, 1.54) is 22.7 Å². The maximum Gasteiger partial charge on any atom is 0.255 e. The lowest BCUT2D eigenvalue weighted by molar-refractivity contribution is -0.00277. The normalized spacial score (nSPS) is 18.4. The zero-order chi connectivity index (χ0) is 15.5. The molecule has 0 radical (unpaired) electrons. The summed E-state index contributed by atoms with van der Waals surface area (Å²) in [7, 11) is 0. The van der Waals surface area contributed by atoms with Gasteiger partial charge in [0.15, 0.2) is 5.78 Å². The second kappa shape index (κ2) is 6.73. The van der Waals surface area contributed by atoms with Crippen LogP contribution in [0.25, 0.3) is 0 Å². The second-order valence-corrected chi connectivity index (χ2v) is 6.99. The summed E-state index contributed by atoms with van der Waals surface area (Å²) in [5.41, 5.74) is 1.73. The predicted molar refractivity (Wildman–Crippen MR) is 88.0 cm³/mol. The van der Waals surface area contributed by atoms with Gasteiger partial charge in [-0.05, 0) is 29.3 Å². The summed E-state index contributed by atoms with van der Waals surface area (Å²) in [6, 6.07) is 3.51. The molecule has 3 heterocycles. The average molecular weight is 335 g/mol. The number of hydrogen-bond acceptors (Lipinski definition) is 5. The van der Waals surface area contributed by atoms with Gasteiger partial charge in [0, 0.05) is 18.3 Å². The minimum absolute atomic E-state index is 0.00558. The highest BCUT2D eigenvalue weighted by molar-refractivity contribution is 7.12. The van der Waals surface area contributed by atoms with Gasteiger partial charge in [0.2, 0.25) is 0 Å². The molecule has 1 fully saturated rings. The van der Waals surface area contributed by atoms with Crippen LogP contribution in [0.4, 0.5) is 0 Å². The number of rotatable bonds is 4. The maximum atomic E-state index is 12.7. The Hall–Kier alpha value is -1.50. The van der Waals surface area contributed by atoms with Crippen molar-refractivity contribution < 1.29 is 14.3 Å². The molecule has 2 aromatic heterocycles. The van der Waals surface area contributed by atoms with Crippen LogP contribution < -0.4 is 0 Å². The minimum Gasteiger partial charge on any atom is -0.377 e. The van der Waals surface area contributed by atoms with Gasteiger partial charge < -0.3 is 9.64 Å². The van der Waals surface area contributed by atoms with Crippen molar-refractivity contribution in [2.45, 2.75) is 19.4 Å². The van der Waals surface area contributed by atoms with Crippen LogP contribution in [0.3, 0.4) is 0 Å². The van der Waals surface area contributed by atoms with E-state index in [4.69, 9.17) is 4.74 Å². The lowest BCUT2D eigenvalue weighted by atomic mass is 10.1. The van der Waals surface area contributed by atoms with Crippen LogP contribution in [0.15, 0.2) is 28.3 Å². The van der Waals surface area contributed by atoms with Crippen LogP contribution >= 0.6 is 22.7 Å². The number of carbonyl (C=O) groups excluding carboxylic acids is 2. The van der Waals surface area contributed by atoms with Crippen molar-refractivity contribution in [2.24, 2.45) is 0 Å². The molecule has 1 amide bonds. The van der Waals surface area contributed by atoms with Crippen molar-refractivity contribution in [1.82, 2.24) is 4.90 Å². The Morgan fingerprint density at radius 3 is 2.95 bits per heavy atom. The number of aryl methyl sites for hydroxylation is 1. The molecule has 22 heavy (non-hydrogen) atoms. The third-order valence-corrected chi connectivity index (χ3v) is 5.56. The Morgan fingerprint density at radius 1 is 1.41 bits per heavy atom. The Balaban J connectivity index is 1.75. The molecule has 0 aliphatic carbocycles. The van der Waals surface area contributed by atoms with E-state index in [1.54, 1.807) is 4.90 Å². The van der Waals surface area contributed by atoms with Crippen molar-refractivity contribution in [3.8, 4) is 0 Å². The zero-order valence-electron chi connectivity index (χ0n) is 12.3. The number of carbonyl (C=O) groups is 2. The van der Waals surface area contributed by atoms with Gasteiger partial charge in [-0.1, -0.05) is 6.07 Å². The van der Waals surface area contributed by atoms with Gasteiger partial charge in [0.25, 0.3) is 5.91 Å². The first-order valence-corrected chi connectivity index (χ1v) is 8.97. The molecule has 1 atom stereocenters. The van der Waals surface area contributed by atoms with Crippen molar-refractivity contribution in [2.75, 3.05) is 19.8 Å². The maximum absolute atomic E-state index is 12.7. The first-order valence-electron chi connectivity index (χ1n) is 7.15. The molecule has 6 heteroatoms. The topological polar surface area (TPSA) is 46.6 Å². The van der Waals surface area contributed by atoms with Gasteiger partial charge in [0.05, 0.1) is 29.7 Å². The first kappa shape index (κ1) is 15.4. The van der Waals surface area contributed by atoms with Crippen LogP contribution in [0.1, 0.15) is 32.0 Å². The SMILES string of the molecule is Cc1cscc1C(=O)N1CCOCC1CC(=O)c1cccs1. The molecule has 116 valence electrons. The molecule has 0 spiro atoms. The summed E-state index contributed by atoms with van der Waals surface area (Å²) >= 11 is 2.96. The largest absolute Gasteiger partial charge is 0.377 e. The van der Waals surface area contributed by atoms with E-state index in [-0.39, 0.29) is 17.7 Å². The molecule has 0 saturated carbocycles. The first-order chi connectivity index (χ1) is 10.7. The Bertz CT molecular complexity index is 663. The number of amides is 1. The van der Waals surface area contributed by atoms with Gasteiger partial charge in [0.1, 0.15) is 0 Å². The molecule has 1 aliphatic heterocycles. The molecule has 1 unspecified atom stereocenters. The number of morpholine rings is 1. The van der Waals surface area contributed by atoms with Gasteiger partial charge in [-0.25, -0.2) is 0 Å². The van der Waals surface area contributed by atoms with Gasteiger partial charge in [-0.2, -0.15) is 11.3 Å². The van der Waals surface area contributed by atoms with Crippen LogP contribution in [0.5, 0.6) is 0 Å². The molecule has 0 bridgehead atoms. The van der Waals surface area contributed by atoms with E-state index in [2.05, 4.69) is 0 Å². The minimum atomic E-state index is -0.185. The molecule has 1 aliphatic rings. The lowest BCUT2D eigenvalue weighted by Gasteiger charge is -2.35. The number of hydrogen-bond donors (Lipinski definition) is 0. The highest BCUT2D eigenvalue weighted by Gasteiger charge is 2.31. The fraction of sp³-hybridized carbons (Fsp3) is 0.375. The van der Waals surface area contributed by atoms with Crippen molar-refractivity contribution in [1.29, 1.82) is 0 Å². The Morgan fingerprint density at radius 2 is 2.27 bits per heavy atom. The summed E-state index contributed by atoms with van der Waals surface area (Å²) in [5.74, 6) is 0.0800. The standard InChI is InChI=1S/C16H17NO3S2/c1-11-9-21-10-13(11)16(19)17-4-5-20-8-12(17)7-14(18)15-3-2-6-22-15/h2-3,6,9-10,12H,4-5,7-8H2,1H3. The molecule has 4 nitrogen and oxygen atoms in total. The monoisotopic (exact) mass is 335 g/mol. The lowest BCUT2D eigenvalue weighted by Crippen LogP contribution is -2.49. The van der Waals surface area contributed by atoms with Crippen molar-refractivity contribution >= 4 is 34.4 Å². The van der Waals surface area contributed by atoms with E-state index in [1.807, 2.05) is 35.2 Å². The van der Waals surface area contributed by atoms with Crippen LogP contribution in [-0.2, 0) is 4.74 Å². The smallest absolute Gasteiger partial charge is 0.255 e. The summed E-state index contributed by atoms with van der Waals surface area (Å²) in [5, 5.41) is 5.74. The highest BCUT2D eigenvalue weighted by atomic mass is 32.1. The quantitative estimate of drug-likeness (QED) is 0.806. The van der Waals surface area contributed by atoms with Gasteiger partial charge >= 0.3 is 0 Å². The molecule has 0 aromatic carbocycles. The molecule has 0 N–H and O–H groups in total. The number of Topliss-reactive ketones (excluding diaryl/α,β-unsaturated/α-hetero) is 1. The molecule has 1 saturated heterocycles. The third-order valence-electron chi connectivity index (χ3n) is 3.79. The number of ether oxygens (including phenoxy) is 1.